The summed E-state index contributed by atoms with van der Waals surface area (Å²) < 4.78 is 46.7. The van der Waals surface area contributed by atoms with E-state index in [0.29, 0.717) is 5.56 Å². The van der Waals surface area contributed by atoms with Gasteiger partial charge in [-0.05, 0) is 12.1 Å². The normalized spacial score (nSPS) is 25.6. The number of esters is 1. The maximum absolute atomic E-state index is 12.2. The van der Waals surface area contributed by atoms with Gasteiger partial charge in [-0.25, -0.2) is 4.79 Å². The molecule has 2 aliphatic rings. The van der Waals surface area contributed by atoms with Crippen LogP contribution in [-0.2, 0) is 23.8 Å². The molecule has 10 nitrogen and oxygen atoms in total. The first-order valence-corrected chi connectivity index (χ1v) is 10.2. The van der Waals surface area contributed by atoms with Gasteiger partial charge in [0.05, 0.1) is 11.8 Å². The molecule has 0 radical (unpaired) electrons. The van der Waals surface area contributed by atoms with Crippen LogP contribution in [0.2, 0.25) is 0 Å². The van der Waals surface area contributed by atoms with Gasteiger partial charge in [0.25, 0.3) is 15.7 Å². The van der Waals surface area contributed by atoms with Gasteiger partial charge in [-0.1, -0.05) is 18.2 Å². The first-order chi connectivity index (χ1) is 13.3. The van der Waals surface area contributed by atoms with Gasteiger partial charge in [0.2, 0.25) is 0 Å². The van der Waals surface area contributed by atoms with Crippen molar-refractivity contribution in [3.8, 4) is 6.01 Å². The van der Waals surface area contributed by atoms with Gasteiger partial charge < -0.3 is 14.2 Å². The van der Waals surface area contributed by atoms with Crippen molar-refractivity contribution < 1.29 is 31.6 Å². The van der Waals surface area contributed by atoms with Crippen molar-refractivity contribution in [3.05, 3.63) is 58.5 Å². The molecule has 1 fully saturated rings. The minimum Gasteiger partial charge on any atom is -0.459 e. The summed E-state index contributed by atoms with van der Waals surface area (Å²) in [4.78, 5) is 27.3. The highest BCUT2D eigenvalue weighted by Crippen LogP contribution is 2.40. The molecule has 0 saturated carbocycles. The van der Waals surface area contributed by atoms with Crippen LogP contribution in [-0.4, -0.2) is 55.1 Å². The second kappa shape index (κ2) is 7.00. The molecule has 0 bridgehead atoms. The minimum absolute atomic E-state index is 0.00401. The Hall–Kier alpha value is -2.76. The fraction of sp³-hybridized carbons (Fsp3) is 0.353. The molecule has 148 valence electrons. The van der Waals surface area contributed by atoms with Crippen molar-refractivity contribution >= 4 is 16.1 Å². The van der Waals surface area contributed by atoms with Crippen LogP contribution in [0.25, 0.3) is 0 Å². The number of aromatic nitrogens is 2. The van der Waals surface area contributed by atoms with Crippen LogP contribution in [0.3, 0.4) is 0 Å². The molecular formula is C17H16N2O8S. The molecule has 1 aromatic heterocycles. The van der Waals surface area contributed by atoms with Crippen molar-refractivity contribution in [3.63, 3.8) is 0 Å². The molecule has 28 heavy (non-hydrogen) atoms. The summed E-state index contributed by atoms with van der Waals surface area (Å²) in [6.07, 6.45) is -1.29. The van der Waals surface area contributed by atoms with E-state index in [1.54, 1.807) is 30.3 Å². The van der Waals surface area contributed by atoms with Crippen LogP contribution in [0.1, 0.15) is 16.6 Å². The average Bonchev–Trinajstić information content (AvgIpc) is 3.15. The Bertz CT molecular complexity index is 1050. The number of carbonyl (C=O) groups excluding carboxylic acids is 1. The summed E-state index contributed by atoms with van der Waals surface area (Å²) in [5.74, 6) is -0.578. The Kier molecular flexibility index (Phi) is 4.65. The van der Waals surface area contributed by atoms with E-state index in [2.05, 4.69) is 4.98 Å². The molecule has 0 aliphatic carbocycles. The zero-order valence-corrected chi connectivity index (χ0v) is 15.4. The SMILES string of the molecule is CS(=O)(=O)O[C@H]1[C@H]2Oc3nc(=O)ccn3[C@@H]2O[C@H]1COC(=O)c1ccccc1. The van der Waals surface area contributed by atoms with Gasteiger partial charge in [-0.3, -0.25) is 13.5 Å². The standard InChI is InChI=1S/C17H16N2O8S/c1-28(22,23)27-13-11(9-24-16(21)10-5-3-2-4-6-10)25-15-14(13)26-17-18-12(20)7-8-19(15)17/h2-8,11,13-15H,9H2,1H3/t11-,13+,14+,15+/m0/s1. The maximum Gasteiger partial charge on any atom is 0.338 e. The molecule has 0 spiro atoms. The maximum atomic E-state index is 12.2. The van der Waals surface area contributed by atoms with Gasteiger partial charge in [0, 0.05) is 12.3 Å². The topological polar surface area (TPSA) is 123 Å². The summed E-state index contributed by atoms with van der Waals surface area (Å²) in [5.41, 5.74) is -0.149. The lowest BCUT2D eigenvalue weighted by Crippen LogP contribution is -2.40. The largest absolute Gasteiger partial charge is 0.459 e. The number of ether oxygens (including phenoxy) is 3. The lowest BCUT2D eigenvalue weighted by atomic mass is 10.1. The van der Waals surface area contributed by atoms with E-state index in [4.69, 9.17) is 18.4 Å². The highest BCUT2D eigenvalue weighted by atomic mass is 32.2. The van der Waals surface area contributed by atoms with Crippen LogP contribution in [0, 0.1) is 0 Å². The third-order valence-corrected chi connectivity index (χ3v) is 4.85. The Morgan fingerprint density at radius 2 is 2.00 bits per heavy atom. The van der Waals surface area contributed by atoms with Gasteiger partial charge in [0.15, 0.2) is 12.3 Å². The molecule has 0 N–H and O–H groups in total. The van der Waals surface area contributed by atoms with E-state index in [0.717, 1.165) is 6.26 Å². The fourth-order valence-corrected chi connectivity index (χ4v) is 3.76. The molecule has 4 rings (SSSR count). The summed E-state index contributed by atoms with van der Waals surface area (Å²) in [6.45, 7) is -0.243. The van der Waals surface area contributed by atoms with Gasteiger partial charge in [0.1, 0.15) is 18.8 Å². The van der Waals surface area contributed by atoms with E-state index in [1.807, 2.05) is 0 Å². The molecule has 1 saturated heterocycles. The molecule has 0 amide bonds. The van der Waals surface area contributed by atoms with Crippen LogP contribution in [0.5, 0.6) is 6.01 Å². The van der Waals surface area contributed by atoms with Crippen molar-refractivity contribution in [2.45, 2.75) is 24.5 Å². The van der Waals surface area contributed by atoms with Gasteiger partial charge >= 0.3 is 12.0 Å². The Labute approximate surface area is 159 Å². The Morgan fingerprint density at radius 1 is 1.25 bits per heavy atom. The summed E-state index contributed by atoms with van der Waals surface area (Å²) in [7, 11) is -3.86. The molecular weight excluding hydrogens is 392 g/mol. The summed E-state index contributed by atoms with van der Waals surface area (Å²) in [5, 5.41) is 0. The second-order valence-electron chi connectivity index (χ2n) is 6.33. The molecule has 11 heteroatoms. The van der Waals surface area contributed by atoms with Gasteiger partial charge in [-0.2, -0.15) is 13.4 Å². The van der Waals surface area contributed by atoms with Crippen molar-refractivity contribution in [1.29, 1.82) is 0 Å². The minimum atomic E-state index is -3.86. The van der Waals surface area contributed by atoms with Crippen LogP contribution < -0.4 is 10.3 Å². The number of rotatable bonds is 5. The summed E-state index contributed by atoms with van der Waals surface area (Å²) >= 11 is 0. The zero-order valence-electron chi connectivity index (χ0n) is 14.6. The third-order valence-electron chi connectivity index (χ3n) is 4.28. The van der Waals surface area contributed by atoms with Gasteiger partial charge in [-0.15, -0.1) is 0 Å². The number of fused-ring (bicyclic) bond motifs is 3. The lowest BCUT2D eigenvalue weighted by Gasteiger charge is -2.20. The average molecular weight is 408 g/mol. The van der Waals surface area contributed by atoms with Crippen molar-refractivity contribution in [1.82, 2.24) is 9.55 Å². The van der Waals surface area contributed by atoms with E-state index >= 15 is 0 Å². The number of nitrogens with zero attached hydrogens (tertiary/aromatic N) is 2. The Balaban J connectivity index is 1.54. The number of benzene rings is 1. The van der Waals surface area contributed by atoms with Crippen molar-refractivity contribution in [2.24, 2.45) is 0 Å². The molecule has 2 aliphatic heterocycles. The van der Waals surface area contributed by atoms with Crippen LogP contribution in [0.15, 0.2) is 47.4 Å². The zero-order chi connectivity index (χ0) is 19.9. The van der Waals surface area contributed by atoms with E-state index in [9.17, 15) is 18.0 Å². The second-order valence-corrected chi connectivity index (χ2v) is 7.93. The highest BCUT2D eigenvalue weighted by Gasteiger charge is 2.54. The first kappa shape index (κ1) is 18.6. The first-order valence-electron chi connectivity index (χ1n) is 8.33. The third kappa shape index (κ3) is 3.63. The number of hydrogen-bond acceptors (Lipinski definition) is 9. The van der Waals surface area contributed by atoms with Crippen LogP contribution in [0.4, 0.5) is 0 Å². The molecule has 4 atom stereocenters. The fourth-order valence-electron chi connectivity index (χ4n) is 3.12. The monoisotopic (exact) mass is 408 g/mol. The Morgan fingerprint density at radius 3 is 2.71 bits per heavy atom. The molecule has 1 aromatic carbocycles. The lowest BCUT2D eigenvalue weighted by molar-refractivity contribution is -0.0466. The summed E-state index contributed by atoms with van der Waals surface area (Å²) in [6, 6.07) is 9.58. The molecule has 2 aromatic rings. The van der Waals surface area contributed by atoms with Crippen LogP contribution >= 0.6 is 0 Å². The van der Waals surface area contributed by atoms with Crippen molar-refractivity contribution in [2.75, 3.05) is 12.9 Å². The van der Waals surface area contributed by atoms with E-state index in [-0.39, 0.29) is 12.6 Å². The van der Waals surface area contributed by atoms with E-state index in [1.165, 1.54) is 16.8 Å². The molecule has 0 unspecified atom stereocenters. The smallest absolute Gasteiger partial charge is 0.338 e. The van der Waals surface area contributed by atoms with E-state index < -0.39 is 46.2 Å². The number of hydrogen-bond donors (Lipinski definition) is 0. The highest BCUT2D eigenvalue weighted by molar-refractivity contribution is 7.86. The predicted molar refractivity (Wildman–Crippen MR) is 93.3 cm³/mol. The molecule has 3 heterocycles. The predicted octanol–water partition coefficient (Wildman–Crippen LogP) is 0.104. The quantitative estimate of drug-likeness (QED) is 0.501. The number of carbonyl (C=O) groups is 1.